The molecular formula is C18H22FN3OS. The summed E-state index contributed by atoms with van der Waals surface area (Å²) in [5.41, 5.74) is 2.10. The molecule has 0 bridgehead atoms. The van der Waals surface area contributed by atoms with E-state index in [4.69, 9.17) is 0 Å². The number of nitrogens with zero attached hydrogens (tertiary/aromatic N) is 3. The van der Waals surface area contributed by atoms with Crippen molar-refractivity contribution in [2.45, 2.75) is 38.3 Å². The third-order valence-corrected chi connectivity index (χ3v) is 4.36. The van der Waals surface area contributed by atoms with Crippen molar-refractivity contribution in [3.05, 3.63) is 52.7 Å². The molecule has 128 valence electrons. The summed E-state index contributed by atoms with van der Waals surface area (Å²) in [7, 11) is 1.73. The maximum absolute atomic E-state index is 13.0. The van der Waals surface area contributed by atoms with Gasteiger partial charge in [0.25, 0.3) is 5.91 Å². The number of benzene rings is 1. The van der Waals surface area contributed by atoms with Gasteiger partial charge < -0.3 is 4.90 Å². The fraction of sp³-hybridized carbons (Fsp3) is 0.389. The minimum atomic E-state index is -0.286. The summed E-state index contributed by atoms with van der Waals surface area (Å²) < 4.78 is 13.0. The van der Waals surface area contributed by atoms with Crippen molar-refractivity contribution in [3.8, 4) is 0 Å². The lowest BCUT2D eigenvalue weighted by Crippen LogP contribution is -2.28. The normalized spacial score (nSPS) is 11.0. The van der Waals surface area contributed by atoms with Crippen LogP contribution in [0.4, 0.5) is 4.39 Å². The number of hydrogen-bond acceptors (Lipinski definition) is 4. The van der Waals surface area contributed by atoms with E-state index in [1.807, 2.05) is 27.0 Å². The van der Waals surface area contributed by atoms with Gasteiger partial charge in [-0.15, -0.1) is 11.8 Å². The maximum Gasteiger partial charge on any atom is 0.258 e. The van der Waals surface area contributed by atoms with Gasteiger partial charge in [-0.1, -0.05) is 26.0 Å². The van der Waals surface area contributed by atoms with Gasteiger partial charge in [0.15, 0.2) is 0 Å². The van der Waals surface area contributed by atoms with Crippen LogP contribution in [-0.2, 0) is 6.54 Å². The molecule has 1 amide bonds. The average Bonchev–Trinajstić information content (AvgIpc) is 2.55. The molecule has 2 aromatic rings. The maximum atomic E-state index is 13.0. The second kappa shape index (κ2) is 7.75. The molecule has 0 aliphatic heterocycles. The molecule has 0 aliphatic rings. The lowest BCUT2D eigenvalue weighted by molar-refractivity contribution is 0.0779. The fourth-order valence-corrected chi connectivity index (χ4v) is 2.97. The molecule has 0 spiro atoms. The molecule has 0 N–H and O–H groups in total. The topological polar surface area (TPSA) is 46.1 Å². The predicted molar refractivity (Wildman–Crippen MR) is 94.8 cm³/mol. The van der Waals surface area contributed by atoms with Gasteiger partial charge in [-0.05, 0) is 30.9 Å². The van der Waals surface area contributed by atoms with E-state index >= 15 is 0 Å². The molecule has 6 heteroatoms. The van der Waals surface area contributed by atoms with Crippen LogP contribution >= 0.6 is 11.8 Å². The Morgan fingerprint density at radius 1 is 1.25 bits per heavy atom. The van der Waals surface area contributed by atoms with Crippen LogP contribution in [0.1, 0.15) is 47.2 Å². The number of amides is 1. The summed E-state index contributed by atoms with van der Waals surface area (Å²) in [6.45, 7) is 6.30. The Morgan fingerprint density at radius 2 is 1.88 bits per heavy atom. The van der Waals surface area contributed by atoms with Crippen molar-refractivity contribution in [2.24, 2.45) is 0 Å². The molecular weight excluding hydrogens is 325 g/mol. The minimum absolute atomic E-state index is 0.128. The van der Waals surface area contributed by atoms with Crippen LogP contribution in [0.25, 0.3) is 0 Å². The molecule has 24 heavy (non-hydrogen) atoms. The summed E-state index contributed by atoms with van der Waals surface area (Å²) in [6.07, 6.45) is 1.91. The molecule has 0 fully saturated rings. The summed E-state index contributed by atoms with van der Waals surface area (Å²) >= 11 is 1.45. The van der Waals surface area contributed by atoms with E-state index in [9.17, 15) is 9.18 Å². The van der Waals surface area contributed by atoms with E-state index in [1.165, 1.54) is 23.9 Å². The molecule has 0 radical (unpaired) electrons. The SMILES string of the molecule is CSc1nc(C(C)C)nc(C)c1C(=O)N(C)Cc1ccc(F)cc1. The van der Waals surface area contributed by atoms with Gasteiger partial charge in [0.05, 0.1) is 11.3 Å². The quantitative estimate of drug-likeness (QED) is 0.605. The van der Waals surface area contributed by atoms with Gasteiger partial charge >= 0.3 is 0 Å². The monoisotopic (exact) mass is 347 g/mol. The Hall–Kier alpha value is -1.95. The first-order chi connectivity index (χ1) is 11.3. The van der Waals surface area contributed by atoms with Crippen LogP contribution in [0.15, 0.2) is 29.3 Å². The van der Waals surface area contributed by atoms with Gasteiger partial charge in [-0.3, -0.25) is 4.79 Å². The Labute approximate surface area is 146 Å². The molecule has 2 rings (SSSR count). The Bertz CT molecular complexity index is 732. The van der Waals surface area contributed by atoms with Crippen LogP contribution in [0.2, 0.25) is 0 Å². The largest absolute Gasteiger partial charge is 0.337 e. The van der Waals surface area contributed by atoms with Crippen LogP contribution in [0.5, 0.6) is 0 Å². The summed E-state index contributed by atoms with van der Waals surface area (Å²) in [5.74, 6) is 0.535. The van der Waals surface area contributed by atoms with Gasteiger partial charge in [-0.25, -0.2) is 14.4 Å². The highest BCUT2D eigenvalue weighted by molar-refractivity contribution is 7.98. The molecule has 4 nitrogen and oxygen atoms in total. The zero-order valence-corrected chi connectivity index (χ0v) is 15.4. The standard InChI is InChI=1S/C18H22FN3OS/c1-11(2)16-20-12(3)15(17(21-16)24-5)18(23)22(4)10-13-6-8-14(19)9-7-13/h6-9,11H,10H2,1-5H3. The number of hydrogen-bond donors (Lipinski definition) is 0. The number of carbonyl (C=O) groups is 1. The minimum Gasteiger partial charge on any atom is -0.337 e. The highest BCUT2D eigenvalue weighted by Crippen LogP contribution is 2.24. The second-order valence-electron chi connectivity index (χ2n) is 5.99. The first-order valence-corrected chi connectivity index (χ1v) is 8.98. The van der Waals surface area contributed by atoms with E-state index in [2.05, 4.69) is 9.97 Å². The van der Waals surface area contributed by atoms with E-state index in [0.29, 0.717) is 22.8 Å². The number of carbonyl (C=O) groups excluding carboxylic acids is 1. The molecule has 1 aromatic carbocycles. The summed E-state index contributed by atoms with van der Waals surface area (Å²) in [5, 5.41) is 0.696. The van der Waals surface area contributed by atoms with Crippen molar-refractivity contribution in [1.82, 2.24) is 14.9 Å². The van der Waals surface area contributed by atoms with Gasteiger partial charge in [0.2, 0.25) is 0 Å². The number of thioether (sulfide) groups is 1. The number of halogens is 1. The van der Waals surface area contributed by atoms with Crippen LogP contribution in [-0.4, -0.2) is 34.1 Å². The molecule has 1 aromatic heterocycles. The van der Waals surface area contributed by atoms with E-state index in [-0.39, 0.29) is 17.6 Å². The van der Waals surface area contributed by atoms with Crippen LogP contribution in [0, 0.1) is 12.7 Å². The Balaban J connectivity index is 2.29. The lowest BCUT2D eigenvalue weighted by Gasteiger charge is -2.20. The Kier molecular flexibility index (Phi) is 5.94. The summed E-state index contributed by atoms with van der Waals surface area (Å²) in [4.78, 5) is 23.5. The second-order valence-corrected chi connectivity index (χ2v) is 6.79. The first kappa shape index (κ1) is 18.4. The zero-order valence-electron chi connectivity index (χ0n) is 14.6. The van der Waals surface area contributed by atoms with Gasteiger partial charge in [0, 0.05) is 19.5 Å². The molecule has 0 atom stereocenters. The molecule has 0 aliphatic carbocycles. The fourth-order valence-electron chi connectivity index (χ4n) is 2.35. The third-order valence-electron chi connectivity index (χ3n) is 3.68. The number of aromatic nitrogens is 2. The average molecular weight is 347 g/mol. The van der Waals surface area contributed by atoms with Gasteiger partial charge in [0.1, 0.15) is 16.7 Å². The smallest absolute Gasteiger partial charge is 0.258 e. The van der Waals surface area contributed by atoms with Crippen molar-refractivity contribution in [1.29, 1.82) is 0 Å². The molecule has 0 unspecified atom stereocenters. The molecule has 1 heterocycles. The van der Waals surface area contributed by atoms with Crippen molar-refractivity contribution >= 4 is 17.7 Å². The Morgan fingerprint density at radius 3 is 2.42 bits per heavy atom. The van der Waals surface area contributed by atoms with Crippen molar-refractivity contribution in [2.75, 3.05) is 13.3 Å². The van der Waals surface area contributed by atoms with Crippen molar-refractivity contribution in [3.63, 3.8) is 0 Å². The van der Waals surface area contributed by atoms with E-state index < -0.39 is 0 Å². The molecule has 0 saturated carbocycles. The third kappa shape index (κ3) is 4.12. The zero-order chi connectivity index (χ0) is 17.9. The summed E-state index contributed by atoms with van der Waals surface area (Å²) in [6, 6.07) is 6.15. The van der Waals surface area contributed by atoms with Gasteiger partial charge in [-0.2, -0.15) is 0 Å². The molecule has 0 saturated heterocycles. The van der Waals surface area contributed by atoms with Crippen LogP contribution in [0.3, 0.4) is 0 Å². The van der Waals surface area contributed by atoms with Crippen molar-refractivity contribution < 1.29 is 9.18 Å². The number of aryl methyl sites for hydroxylation is 1. The highest BCUT2D eigenvalue weighted by Gasteiger charge is 2.22. The highest BCUT2D eigenvalue weighted by atomic mass is 32.2. The predicted octanol–water partition coefficient (Wildman–Crippen LogP) is 4.04. The number of rotatable bonds is 5. The van der Waals surface area contributed by atoms with E-state index in [1.54, 1.807) is 24.1 Å². The lowest BCUT2D eigenvalue weighted by atomic mass is 10.1. The first-order valence-electron chi connectivity index (χ1n) is 7.76. The van der Waals surface area contributed by atoms with E-state index in [0.717, 1.165) is 11.4 Å². The van der Waals surface area contributed by atoms with Crippen LogP contribution < -0.4 is 0 Å².